The third-order valence-corrected chi connectivity index (χ3v) is 7.40. The van der Waals surface area contributed by atoms with Gasteiger partial charge in [-0.05, 0) is 26.3 Å². The normalized spacial score (nSPS) is 21.2. The summed E-state index contributed by atoms with van der Waals surface area (Å²) in [6.07, 6.45) is 1.41. The number of hydrogen-bond acceptors (Lipinski definition) is 15. The van der Waals surface area contributed by atoms with Crippen molar-refractivity contribution in [1.29, 1.82) is 0 Å². The molecule has 0 radical (unpaired) electrons. The van der Waals surface area contributed by atoms with Gasteiger partial charge in [-0.15, -0.1) is 6.42 Å². The van der Waals surface area contributed by atoms with Gasteiger partial charge in [0.2, 0.25) is 11.7 Å². The Kier molecular flexibility index (Phi) is 11.0. The summed E-state index contributed by atoms with van der Waals surface area (Å²) in [5.74, 6) is -1.48. The smallest absolute Gasteiger partial charge is 0.350 e. The summed E-state index contributed by atoms with van der Waals surface area (Å²) < 4.78 is 35.7. The molecule has 1 unspecified atom stereocenters. The molecule has 3 N–H and O–H groups in total. The average molecular weight is 668 g/mol. The summed E-state index contributed by atoms with van der Waals surface area (Å²) in [7, 11) is 0. The van der Waals surface area contributed by atoms with Crippen molar-refractivity contribution in [2.24, 2.45) is 0 Å². The summed E-state index contributed by atoms with van der Waals surface area (Å²) in [6, 6.07) is 8.54. The van der Waals surface area contributed by atoms with Crippen molar-refractivity contribution in [2.75, 3.05) is 25.6 Å². The molecule has 0 spiro atoms. The predicted molar refractivity (Wildman–Crippen MR) is 165 cm³/mol. The van der Waals surface area contributed by atoms with E-state index in [0.717, 1.165) is 13.8 Å². The number of aliphatic hydroxyl groups is 1. The number of aliphatic hydroxyl groups excluding tert-OH is 1. The molecule has 5 atom stereocenters. The highest BCUT2D eigenvalue weighted by molar-refractivity contribution is 6.04. The van der Waals surface area contributed by atoms with Crippen LogP contribution in [-0.2, 0) is 54.0 Å². The first-order valence-corrected chi connectivity index (χ1v) is 15.0. The maximum atomic E-state index is 13.6. The van der Waals surface area contributed by atoms with Crippen molar-refractivity contribution in [3.05, 3.63) is 48.0 Å². The quantitative estimate of drug-likeness (QED) is 0.114. The number of rotatable bonds is 13. The summed E-state index contributed by atoms with van der Waals surface area (Å²) in [5.41, 5.74) is 2.25. The van der Waals surface area contributed by atoms with Crippen LogP contribution in [-0.4, -0.2) is 91.7 Å². The molecular formula is C32H37N5O11. The molecule has 3 heterocycles. The Hall–Kier alpha value is -5.11. The van der Waals surface area contributed by atoms with E-state index in [1.807, 2.05) is 0 Å². The third kappa shape index (κ3) is 6.93. The second-order valence-corrected chi connectivity index (χ2v) is 10.8. The molecule has 2 aromatic heterocycles. The first-order chi connectivity index (χ1) is 22.8. The van der Waals surface area contributed by atoms with E-state index in [0.29, 0.717) is 5.56 Å². The van der Waals surface area contributed by atoms with Gasteiger partial charge >= 0.3 is 23.9 Å². The van der Waals surface area contributed by atoms with E-state index in [1.165, 1.54) is 17.8 Å². The number of fused-ring (bicyclic) bond motifs is 1. The highest BCUT2D eigenvalue weighted by atomic mass is 16.7. The number of carbonyl (C=O) groups excluding carboxylic acids is 4. The first-order valence-electron chi connectivity index (χ1n) is 15.0. The summed E-state index contributed by atoms with van der Waals surface area (Å²) >= 11 is 0. The highest BCUT2D eigenvalue weighted by Crippen LogP contribution is 2.44. The van der Waals surface area contributed by atoms with Crippen LogP contribution in [0.1, 0.15) is 58.3 Å². The number of nitrogens with zero attached hydrogens (tertiary/aromatic N) is 4. The minimum absolute atomic E-state index is 0.0403. The molecule has 0 amide bonds. The van der Waals surface area contributed by atoms with Crippen LogP contribution in [0.5, 0.6) is 0 Å². The molecule has 48 heavy (non-hydrogen) atoms. The molecule has 256 valence electrons. The van der Waals surface area contributed by atoms with Gasteiger partial charge in [0.05, 0.1) is 26.1 Å². The number of imidazole rings is 1. The number of aromatic nitrogens is 4. The van der Waals surface area contributed by atoms with Crippen LogP contribution in [0.2, 0.25) is 0 Å². The lowest BCUT2D eigenvalue weighted by atomic mass is 9.91. The topological polar surface area (TPSA) is 214 Å². The standard InChI is InChI=1S/C32H37N5O11/c1-7-31(48-20(6)40)22(16-45-32(29(41)43-8-2,30(42)44-9-3)15-21-13-11-10-12-14-21)47-28(24(31)46-19(5)39)37-17-34-23-25(33)35-26(18(4)38)36-27(23)37/h1,10-14,17-18,22,24,28,38H,8-9,15-16H2,2-6H3,(H2,33,35,36)/t18?,22-,24+,28-,31-/m1/s1. The Morgan fingerprint density at radius 1 is 1.10 bits per heavy atom. The van der Waals surface area contributed by atoms with Gasteiger partial charge in [-0.1, -0.05) is 36.3 Å². The minimum Gasteiger partial charge on any atom is -0.463 e. The third-order valence-electron chi connectivity index (χ3n) is 7.40. The zero-order valence-electron chi connectivity index (χ0n) is 27.1. The Bertz CT molecular complexity index is 1690. The van der Waals surface area contributed by atoms with Crippen LogP contribution in [0.25, 0.3) is 11.2 Å². The van der Waals surface area contributed by atoms with E-state index < -0.39 is 66.2 Å². The van der Waals surface area contributed by atoms with E-state index in [1.54, 1.807) is 44.2 Å². The fraction of sp³-hybridized carbons (Fsp3) is 0.469. The van der Waals surface area contributed by atoms with Crippen LogP contribution in [0.4, 0.5) is 5.82 Å². The van der Waals surface area contributed by atoms with E-state index in [4.69, 9.17) is 40.6 Å². The Morgan fingerprint density at radius 2 is 1.75 bits per heavy atom. The van der Waals surface area contributed by atoms with Gasteiger partial charge in [0, 0.05) is 20.3 Å². The molecule has 16 nitrogen and oxygen atoms in total. The maximum Gasteiger partial charge on any atom is 0.350 e. The van der Waals surface area contributed by atoms with Crippen LogP contribution in [0.15, 0.2) is 36.7 Å². The number of anilines is 1. The van der Waals surface area contributed by atoms with Crippen LogP contribution >= 0.6 is 0 Å². The zero-order valence-corrected chi connectivity index (χ0v) is 27.1. The Morgan fingerprint density at radius 3 is 2.29 bits per heavy atom. The molecule has 0 saturated carbocycles. The second kappa shape index (κ2) is 14.8. The van der Waals surface area contributed by atoms with Gasteiger partial charge < -0.3 is 39.3 Å². The molecule has 1 aliphatic rings. The Labute approximate surface area is 275 Å². The molecule has 1 aromatic carbocycles. The number of benzene rings is 1. The van der Waals surface area contributed by atoms with Gasteiger partial charge in [-0.3, -0.25) is 14.2 Å². The van der Waals surface area contributed by atoms with Crippen molar-refractivity contribution < 1.29 is 52.7 Å². The number of ether oxygens (including phenoxy) is 6. The van der Waals surface area contributed by atoms with Crippen molar-refractivity contribution in [3.8, 4) is 12.3 Å². The summed E-state index contributed by atoms with van der Waals surface area (Å²) in [5, 5.41) is 10.2. The van der Waals surface area contributed by atoms with Crippen molar-refractivity contribution in [2.45, 2.75) is 76.8 Å². The monoisotopic (exact) mass is 667 g/mol. The average Bonchev–Trinajstić information content (AvgIpc) is 3.58. The molecule has 0 aliphatic carbocycles. The maximum absolute atomic E-state index is 13.6. The Balaban J connectivity index is 1.87. The molecule has 1 saturated heterocycles. The first kappa shape index (κ1) is 35.7. The van der Waals surface area contributed by atoms with Crippen molar-refractivity contribution >= 4 is 40.9 Å². The second-order valence-electron chi connectivity index (χ2n) is 10.8. The van der Waals surface area contributed by atoms with Crippen molar-refractivity contribution in [3.63, 3.8) is 0 Å². The molecule has 3 aromatic rings. The largest absolute Gasteiger partial charge is 0.463 e. The minimum atomic E-state index is -2.36. The lowest BCUT2D eigenvalue weighted by Gasteiger charge is -2.34. The number of nitrogens with two attached hydrogens (primary N) is 1. The highest BCUT2D eigenvalue weighted by Gasteiger charge is 2.63. The van der Waals surface area contributed by atoms with Gasteiger partial charge in [0.15, 0.2) is 23.5 Å². The van der Waals surface area contributed by atoms with Gasteiger partial charge in [-0.25, -0.2) is 24.5 Å². The molecule has 4 rings (SSSR count). The zero-order chi connectivity index (χ0) is 35.2. The number of hydrogen-bond donors (Lipinski definition) is 2. The SMILES string of the molecule is C#C[C@@]1(OC(C)=O)[C@@H](COC(Cc2ccccc2)(C(=O)OCC)C(=O)OCC)O[C@@H](n2cnc3c(N)nc(C(C)O)nc32)[C@@H]1OC(C)=O. The molecule has 0 bridgehead atoms. The van der Waals surface area contributed by atoms with E-state index >= 15 is 0 Å². The fourth-order valence-corrected chi connectivity index (χ4v) is 5.32. The molecular weight excluding hydrogens is 630 g/mol. The van der Waals surface area contributed by atoms with Crippen LogP contribution in [0.3, 0.4) is 0 Å². The number of terminal acetylenes is 1. The summed E-state index contributed by atoms with van der Waals surface area (Å²) in [4.78, 5) is 64.9. The van der Waals surface area contributed by atoms with Gasteiger partial charge in [0.1, 0.15) is 17.7 Å². The van der Waals surface area contributed by atoms with Gasteiger partial charge in [-0.2, -0.15) is 0 Å². The lowest BCUT2D eigenvalue weighted by molar-refractivity contribution is -0.200. The molecule has 1 aliphatic heterocycles. The van der Waals surface area contributed by atoms with Gasteiger partial charge in [0.25, 0.3) is 5.60 Å². The van der Waals surface area contributed by atoms with E-state index in [9.17, 15) is 24.3 Å². The van der Waals surface area contributed by atoms with E-state index in [-0.39, 0.29) is 42.4 Å². The molecule has 1 fully saturated rings. The number of esters is 4. The predicted octanol–water partition coefficient (Wildman–Crippen LogP) is 1.35. The van der Waals surface area contributed by atoms with Crippen molar-refractivity contribution in [1.82, 2.24) is 19.5 Å². The lowest BCUT2D eigenvalue weighted by Crippen LogP contribution is -2.57. The fourth-order valence-electron chi connectivity index (χ4n) is 5.32. The number of carbonyl (C=O) groups is 4. The summed E-state index contributed by atoms with van der Waals surface area (Å²) in [6.45, 7) is 5.88. The van der Waals surface area contributed by atoms with E-state index in [2.05, 4.69) is 20.9 Å². The van der Waals surface area contributed by atoms with Crippen LogP contribution < -0.4 is 5.73 Å². The van der Waals surface area contributed by atoms with Crippen LogP contribution in [0, 0.1) is 12.3 Å². The number of nitrogen functional groups attached to an aromatic ring is 1. The molecule has 16 heteroatoms.